The van der Waals surface area contributed by atoms with Crippen molar-refractivity contribution in [2.45, 2.75) is 13.1 Å². The second-order valence-electron chi connectivity index (χ2n) is 7.84. The number of fused-ring (bicyclic) bond motifs is 1. The maximum absolute atomic E-state index is 10.5. The monoisotopic (exact) mass is 445 g/mol. The molecule has 5 aromatic rings. The molecule has 5 rings (SSSR count). The van der Waals surface area contributed by atoms with E-state index in [-0.39, 0.29) is 5.75 Å². The highest BCUT2D eigenvalue weighted by Gasteiger charge is 2.14. The van der Waals surface area contributed by atoms with Crippen molar-refractivity contribution in [3.05, 3.63) is 121 Å². The molecule has 0 atom stereocenters. The number of rotatable bonds is 7. The molecule has 0 saturated heterocycles. The third-order valence-corrected chi connectivity index (χ3v) is 5.52. The summed E-state index contributed by atoms with van der Waals surface area (Å²) in [6.07, 6.45) is 3.59. The number of hydrogen-bond acceptors (Lipinski definition) is 6. The topological polar surface area (TPSA) is 74.0 Å². The van der Waals surface area contributed by atoms with Crippen LogP contribution in [0.2, 0.25) is 0 Å². The van der Waals surface area contributed by atoms with Crippen LogP contribution < -0.4 is 4.90 Å². The summed E-state index contributed by atoms with van der Waals surface area (Å²) in [5.41, 5.74) is 3.94. The predicted molar refractivity (Wildman–Crippen MR) is 135 cm³/mol. The van der Waals surface area contributed by atoms with Crippen LogP contribution in [0.3, 0.4) is 0 Å². The second kappa shape index (κ2) is 9.92. The molecule has 0 saturated carbocycles. The molecule has 6 nitrogen and oxygen atoms in total. The Kier molecular flexibility index (Phi) is 6.21. The molecule has 0 spiro atoms. The Morgan fingerprint density at radius 2 is 1.29 bits per heavy atom. The summed E-state index contributed by atoms with van der Waals surface area (Å²) in [7, 11) is 0. The molecule has 0 aliphatic rings. The Hall–Kier alpha value is -4.58. The fourth-order valence-corrected chi connectivity index (χ4v) is 3.87. The molecule has 166 valence electrons. The summed E-state index contributed by atoms with van der Waals surface area (Å²) < 4.78 is 0. The van der Waals surface area contributed by atoms with Crippen LogP contribution in [-0.2, 0) is 13.1 Å². The Balaban J connectivity index is 1.54. The molecule has 0 aliphatic carbocycles. The fourth-order valence-electron chi connectivity index (χ4n) is 3.87. The molecule has 0 radical (unpaired) electrons. The molecule has 2 heterocycles. The summed E-state index contributed by atoms with van der Waals surface area (Å²) in [4.78, 5) is 11.2. The van der Waals surface area contributed by atoms with Crippen LogP contribution in [0, 0.1) is 0 Å². The number of aromatic nitrogens is 2. The normalized spacial score (nSPS) is 11.2. The zero-order chi connectivity index (χ0) is 23.2. The van der Waals surface area contributed by atoms with E-state index in [0.29, 0.717) is 24.5 Å². The lowest BCUT2D eigenvalue weighted by Gasteiger charge is -2.25. The van der Waals surface area contributed by atoms with E-state index in [0.717, 1.165) is 27.8 Å². The smallest absolute Gasteiger partial charge is 0.143 e. The van der Waals surface area contributed by atoms with E-state index in [1.165, 1.54) is 0 Å². The van der Waals surface area contributed by atoms with Gasteiger partial charge in [0, 0.05) is 17.8 Å². The highest BCUT2D eigenvalue weighted by molar-refractivity contribution is 5.95. The number of para-hydroxylation sites is 1. The zero-order valence-electron chi connectivity index (χ0n) is 18.5. The van der Waals surface area contributed by atoms with Crippen LogP contribution in [0.4, 0.5) is 17.1 Å². The first kappa shape index (κ1) is 21.3. The number of phenols is 1. The first-order chi connectivity index (χ1) is 16.8. The number of aromatic hydroxyl groups is 1. The van der Waals surface area contributed by atoms with Crippen molar-refractivity contribution in [2.24, 2.45) is 10.2 Å². The number of anilines is 1. The van der Waals surface area contributed by atoms with Gasteiger partial charge in [0.15, 0.2) is 0 Å². The van der Waals surface area contributed by atoms with Crippen molar-refractivity contribution < 1.29 is 5.11 Å². The third kappa shape index (κ3) is 4.76. The Morgan fingerprint density at radius 1 is 0.647 bits per heavy atom. The highest BCUT2D eigenvalue weighted by Crippen LogP contribution is 2.38. The van der Waals surface area contributed by atoms with Crippen LogP contribution in [0.5, 0.6) is 5.75 Å². The van der Waals surface area contributed by atoms with Gasteiger partial charge in [-0.05, 0) is 47.9 Å². The molecule has 34 heavy (non-hydrogen) atoms. The predicted octanol–water partition coefficient (Wildman–Crippen LogP) is 6.96. The van der Waals surface area contributed by atoms with Crippen molar-refractivity contribution in [1.82, 2.24) is 9.97 Å². The average Bonchev–Trinajstić information content (AvgIpc) is 2.89. The van der Waals surface area contributed by atoms with Gasteiger partial charge in [0.2, 0.25) is 0 Å². The first-order valence-corrected chi connectivity index (χ1v) is 11.0. The van der Waals surface area contributed by atoms with Gasteiger partial charge < -0.3 is 10.0 Å². The van der Waals surface area contributed by atoms with Gasteiger partial charge in [-0.1, -0.05) is 54.6 Å². The van der Waals surface area contributed by atoms with Gasteiger partial charge in [0.1, 0.15) is 17.1 Å². The standard InChI is InChI=1S/C28H23N5O/c34-27-16-15-21-9-1-2-12-24(21)28(27)32-31-25-13-3-4-14-26(25)33(19-22-10-5-7-17-29-22)20-23-11-6-8-18-30-23/h1-18,34H,19-20H2/b32-31+. The molecule has 2 aromatic heterocycles. The van der Waals surface area contributed by atoms with Crippen LogP contribution >= 0.6 is 0 Å². The lowest BCUT2D eigenvalue weighted by atomic mass is 10.1. The second-order valence-corrected chi connectivity index (χ2v) is 7.84. The highest BCUT2D eigenvalue weighted by atomic mass is 16.3. The molecule has 0 amide bonds. The van der Waals surface area contributed by atoms with Gasteiger partial charge in [0.25, 0.3) is 0 Å². The van der Waals surface area contributed by atoms with Gasteiger partial charge in [-0.3, -0.25) is 9.97 Å². The van der Waals surface area contributed by atoms with Gasteiger partial charge in [-0.15, -0.1) is 10.2 Å². The minimum absolute atomic E-state index is 0.0961. The summed E-state index contributed by atoms with van der Waals surface area (Å²) in [5.74, 6) is 0.0961. The van der Waals surface area contributed by atoms with E-state index in [4.69, 9.17) is 0 Å². The van der Waals surface area contributed by atoms with Crippen molar-refractivity contribution >= 4 is 27.8 Å². The Bertz CT molecular complexity index is 1380. The summed E-state index contributed by atoms with van der Waals surface area (Å²) >= 11 is 0. The van der Waals surface area contributed by atoms with Gasteiger partial charge >= 0.3 is 0 Å². The van der Waals surface area contributed by atoms with E-state index in [1.54, 1.807) is 18.5 Å². The van der Waals surface area contributed by atoms with Crippen LogP contribution in [-0.4, -0.2) is 15.1 Å². The molecular formula is C28H23N5O. The zero-order valence-corrected chi connectivity index (χ0v) is 18.5. The van der Waals surface area contributed by atoms with E-state index in [9.17, 15) is 5.11 Å². The summed E-state index contributed by atoms with van der Waals surface area (Å²) in [5, 5.41) is 21.4. The number of hydrogen-bond donors (Lipinski definition) is 1. The van der Waals surface area contributed by atoms with Crippen LogP contribution in [0.25, 0.3) is 10.8 Å². The minimum Gasteiger partial charge on any atom is -0.506 e. The van der Waals surface area contributed by atoms with Crippen molar-refractivity contribution in [2.75, 3.05) is 4.90 Å². The number of azo groups is 1. The number of benzene rings is 3. The minimum atomic E-state index is 0.0961. The molecule has 0 fully saturated rings. The van der Waals surface area contributed by atoms with Crippen molar-refractivity contribution in [3.8, 4) is 5.75 Å². The van der Waals surface area contributed by atoms with Crippen LogP contribution in [0.15, 0.2) is 120 Å². The van der Waals surface area contributed by atoms with Gasteiger partial charge in [0.05, 0.1) is 30.2 Å². The maximum atomic E-state index is 10.5. The van der Waals surface area contributed by atoms with E-state index >= 15 is 0 Å². The van der Waals surface area contributed by atoms with Gasteiger partial charge in [-0.2, -0.15) is 0 Å². The number of phenolic OH excluding ortho intramolecular Hbond substituents is 1. The lowest BCUT2D eigenvalue weighted by Crippen LogP contribution is -2.23. The van der Waals surface area contributed by atoms with E-state index in [1.807, 2.05) is 91.0 Å². The number of nitrogens with zero attached hydrogens (tertiary/aromatic N) is 5. The molecule has 3 aromatic carbocycles. The van der Waals surface area contributed by atoms with Crippen molar-refractivity contribution in [3.63, 3.8) is 0 Å². The first-order valence-electron chi connectivity index (χ1n) is 11.0. The largest absolute Gasteiger partial charge is 0.506 e. The van der Waals surface area contributed by atoms with Crippen molar-refractivity contribution in [1.29, 1.82) is 0 Å². The molecule has 6 heteroatoms. The van der Waals surface area contributed by atoms with E-state index < -0.39 is 0 Å². The number of pyridine rings is 2. The SMILES string of the molecule is Oc1ccc2ccccc2c1/N=N/c1ccccc1N(Cc1ccccn1)Cc1ccccn1. The summed E-state index contributed by atoms with van der Waals surface area (Å²) in [6.45, 7) is 1.17. The third-order valence-electron chi connectivity index (χ3n) is 5.52. The molecule has 0 bridgehead atoms. The molecule has 0 aliphatic heterocycles. The Morgan fingerprint density at radius 3 is 2.00 bits per heavy atom. The molecule has 1 N–H and O–H groups in total. The van der Waals surface area contributed by atoms with Crippen LogP contribution in [0.1, 0.15) is 11.4 Å². The molecular weight excluding hydrogens is 422 g/mol. The van der Waals surface area contributed by atoms with E-state index in [2.05, 4.69) is 25.1 Å². The average molecular weight is 446 g/mol. The molecule has 0 unspecified atom stereocenters. The van der Waals surface area contributed by atoms with Gasteiger partial charge in [-0.25, -0.2) is 0 Å². The fraction of sp³-hybridized carbons (Fsp3) is 0.0714. The quantitative estimate of drug-likeness (QED) is 0.275. The lowest BCUT2D eigenvalue weighted by molar-refractivity contribution is 0.477. The summed E-state index contributed by atoms with van der Waals surface area (Å²) in [6, 6.07) is 31.0. The maximum Gasteiger partial charge on any atom is 0.143 e. The Labute approximate surface area is 197 Å².